The van der Waals surface area contributed by atoms with Crippen molar-refractivity contribution >= 4 is 5.97 Å². The minimum atomic E-state index is -4.35. The normalized spacial score (nSPS) is 14.0. The third-order valence-corrected chi connectivity index (χ3v) is 5.61. The van der Waals surface area contributed by atoms with Gasteiger partial charge in [0, 0.05) is 37.3 Å². The van der Waals surface area contributed by atoms with Gasteiger partial charge in [0.15, 0.2) is 0 Å². The molecule has 4 rings (SSSR count). The van der Waals surface area contributed by atoms with Crippen molar-refractivity contribution in [1.82, 2.24) is 9.88 Å². The van der Waals surface area contributed by atoms with Gasteiger partial charge < -0.3 is 9.84 Å². The van der Waals surface area contributed by atoms with Gasteiger partial charge in [-0.2, -0.15) is 13.2 Å². The lowest BCUT2D eigenvalue weighted by atomic mass is 10.0. The number of halogens is 3. The van der Waals surface area contributed by atoms with E-state index < -0.39 is 17.7 Å². The number of nitrogens with zero attached hydrogens (tertiary/aromatic N) is 2. The Morgan fingerprint density at radius 2 is 1.76 bits per heavy atom. The summed E-state index contributed by atoms with van der Waals surface area (Å²) >= 11 is 0. The van der Waals surface area contributed by atoms with Crippen LogP contribution in [0.2, 0.25) is 0 Å². The van der Waals surface area contributed by atoms with E-state index in [2.05, 4.69) is 4.90 Å². The second-order valence-corrected chi connectivity index (χ2v) is 7.98. The fraction of sp³-hybridized carbons (Fsp3) is 0.280. The molecule has 1 aromatic heterocycles. The Morgan fingerprint density at radius 3 is 2.42 bits per heavy atom. The number of aliphatic carboxylic acids is 1. The highest BCUT2D eigenvalue weighted by Crippen LogP contribution is 2.29. The molecule has 5 nitrogen and oxygen atoms in total. The molecule has 0 unspecified atom stereocenters. The monoisotopic (exact) mass is 456 g/mol. The third-order valence-electron chi connectivity index (χ3n) is 5.61. The van der Waals surface area contributed by atoms with Crippen molar-refractivity contribution in [2.45, 2.75) is 32.2 Å². The molecule has 0 spiro atoms. The van der Waals surface area contributed by atoms with E-state index in [1.54, 1.807) is 0 Å². The predicted molar refractivity (Wildman–Crippen MR) is 117 cm³/mol. The number of aromatic nitrogens is 1. The summed E-state index contributed by atoms with van der Waals surface area (Å²) in [7, 11) is 0. The average molecular weight is 456 g/mol. The summed E-state index contributed by atoms with van der Waals surface area (Å²) in [6.07, 6.45) is -3.44. The number of rotatable bonds is 7. The minimum Gasteiger partial charge on any atom is -0.489 e. The van der Waals surface area contributed by atoms with E-state index in [1.807, 2.05) is 36.4 Å². The highest BCUT2D eigenvalue weighted by molar-refractivity contribution is 5.66. The Morgan fingerprint density at radius 1 is 1.03 bits per heavy atom. The summed E-state index contributed by atoms with van der Waals surface area (Å²) in [6.45, 7) is 2.19. The lowest BCUT2D eigenvalue weighted by molar-refractivity contribution is -0.138. The molecule has 0 saturated heterocycles. The molecule has 0 amide bonds. The van der Waals surface area contributed by atoms with Gasteiger partial charge in [-0.1, -0.05) is 18.2 Å². The van der Waals surface area contributed by atoms with Crippen LogP contribution in [0.4, 0.5) is 13.2 Å². The molecule has 0 radical (unpaired) electrons. The molecule has 2 aromatic carbocycles. The fourth-order valence-electron chi connectivity index (χ4n) is 3.76. The van der Waals surface area contributed by atoms with Gasteiger partial charge in [0.1, 0.15) is 12.4 Å². The Kier molecular flexibility index (Phi) is 6.65. The number of carboxylic acids is 1. The Bertz CT molecular complexity index is 1110. The second kappa shape index (κ2) is 9.62. The van der Waals surface area contributed by atoms with Crippen LogP contribution in [0.1, 0.15) is 28.8 Å². The lowest BCUT2D eigenvalue weighted by Gasteiger charge is -2.27. The van der Waals surface area contributed by atoms with E-state index in [4.69, 9.17) is 14.8 Å². The molecule has 2 heterocycles. The smallest absolute Gasteiger partial charge is 0.416 e. The molecule has 0 atom stereocenters. The highest BCUT2D eigenvalue weighted by Gasteiger charge is 2.29. The van der Waals surface area contributed by atoms with Gasteiger partial charge in [-0.25, -0.2) is 0 Å². The third kappa shape index (κ3) is 5.90. The van der Waals surface area contributed by atoms with Crippen LogP contribution in [-0.4, -0.2) is 34.0 Å². The summed E-state index contributed by atoms with van der Waals surface area (Å²) in [4.78, 5) is 17.7. The van der Waals surface area contributed by atoms with Crippen LogP contribution < -0.4 is 4.74 Å². The van der Waals surface area contributed by atoms with Crippen molar-refractivity contribution < 1.29 is 27.8 Å². The molecule has 0 bridgehead atoms. The Labute approximate surface area is 189 Å². The maximum atomic E-state index is 12.7. The molecule has 0 fully saturated rings. The van der Waals surface area contributed by atoms with E-state index >= 15 is 0 Å². The van der Waals surface area contributed by atoms with Crippen molar-refractivity contribution in [2.24, 2.45) is 0 Å². The topological polar surface area (TPSA) is 62.7 Å². The number of alkyl halides is 3. The van der Waals surface area contributed by atoms with Gasteiger partial charge in [0.05, 0.1) is 17.7 Å². The van der Waals surface area contributed by atoms with Gasteiger partial charge in [0.2, 0.25) is 0 Å². The summed E-state index contributed by atoms with van der Waals surface area (Å²) in [6, 6.07) is 16.4. The summed E-state index contributed by atoms with van der Waals surface area (Å²) in [5.74, 6) is -0.174. The number of ether oxygens (including phenoxy) is 1. The number of hydrogen-bond donors (Lipinski definition) is 1. The molecule has 172 valence electrons. The molecule has 1 aliphatic rings. The van der Waals surface area contributed by atoms with Crippen LogP contribution in [0.3, 0.4) is 0 Å². The first kappa shape index (κ1) is 22.8. The van der Waals surface area contributed by atoms with Gasteiger partial charge in [-0.15, -0.1) is 0 Å². The molecular weight excluding hydrogens is 433 g/mol. The molecule has 1 N–H and O–H groups in total. The Hall–Kier alpha value is -3.39. The molecule has 8 heteroatoms. The number of hydrogen-bond acceptors (Lipinski definition) is 4. The molecule has 1 aliphatic heterocycles. The maximum Gasteiger partial charge on any atom is 0.416 e. The quantitative estimate of drug-likeness (QED) is 0.531. The first-order valence-corrected chi connectivity index (χ1v) is 10.6. The van der Waals surface area contributed by atoms with Crippen molar-refractivity contribution in [3.63, 3.8) is 0 Å². The first-order chi connectivity index (χ1) is 15.8. The number of pyridine rings is 1. The van der Waals surface area contributed by atoms with Crippen LogP contribution in [0, 0.1) is 0 Å². The molecule has 0 aliphatic carbocycles. The standard InChI is InChI=1S/C25H23F3N2O3/c26-25(27,28)20-6-1-17(2-7-20)16-33-21-8-3-18(4-9-21)22-10-5-19-15-30(14-12-24(31)32)13-11-23(19)29-22/h1-10H,11-16H2,(H,31,32). The van der Waals surface area contributed by atoms with E-state index in [9.17, 15) is 18.0 Å². The maximum absolute atomic E-state index is 12.7. The van der Waals surface area contributed by atoms with E-state index in [0.29, 0.717) is 24.4 Å². The van der Waals surface area contributed by atoms with Crippen LogP contribution in [0.15, 0.2) is 60.7 Å². The largest absolute Gasteiger partial charge is 0.489 e. The number of carbonyl (C=O) groups is 1. The van der Waals surface area contributed by atoms with Gasteiger partial charge in [-0.05, 0) is 53.6 Å². The summed E-state index contributed by atoms with van der Waals surface area (Å²) in [5.41, 5.74) is 3.91. The highest BCUT2D eigenvalue weighted by atomic mass is 19.4. The summed E-state index contributed by atoms with van der Waals surface area (Å²) in [5, 5.41) is 8.86. The second-order valence-electron chi connectivity index (χ2n) is 7.98. The number of carboxylic acid groups (broad SMARTS) is 1. The minimum absolute atomic E-state index is 0.133. The van der Waals surface area contributed by atoms with Crippen molar-refractivity contribution in [3.05, 3.63) is 83.0 Å². The van der Waals surface area contributed by atoms with Crippen molar-refractivity contribution in [1.29, 1.82) is 0 Å². The van der Waals surface area contributed by atoms with Crippen LogP contribution in [0.25, 0.3) is 11.3 Å². The first-order valence-electron chi connectivity index (χ1n) is 10.6. The van der Waals surface area contributed by atoms with Crippen LogP contribution >= 0.6 is 0 Å². The molecular formula is C25H23F3N2O3. The van der Waals surface area contributed by atoms with Gasteiger partial charge in [-0.3, -0.25) is 14.7 Å². The lowest BCUT2D eigenvalue weighted by Crippen LogP contribution is -2.32. The zero-order chi connectivity index (χ0) is 23.4. The number of benzene rings is 2. The fourth-order valence-corrected chi connectivity index (χ4v) is 3.76. The predicted octanol–water partition coefficient (Wildman–Crippen LogP) is 5.18. The van der Waals surface area contributed by atoms with Crippen LogP contribution in [-0.2, 0) is 30.5 Å². The molecule has 3 aromatic rings. The average Bonchev–Trinajstić information content (AvgIpc) is 2.81. The zero-order valence-corrected chi connectivity index (χ0v) is 17.8. The van der Waals surface area contributed by atoms with E-state index in [1.165, 1.54) is 12.1 Å². The summed E-state index contributed by atoms with van der Waals surface area (Å²) < 4.78 is 43.7. The van der Waals surface area contributed by atoms with Crippen LogP contribution in [0.5, 0.6) is 5.75 Å². The number of fused-ring (bicyclic) bond motifs is 1. The Balaban J connectivity index is 1.36. The molecule has 0 saturated carbocycles. The molecule has 33 heavy (non-hydrogen) atoms. The van der Waals surface area contributed by atoms with Crippen molar-refractivity contribution in [2.75, 3.05) is 13.1 Å². The van der Waals surface area contributed by atoms with Gasteiger partial charge >= 0.3 is 12.1 Å². The SMILES string of the molecule is O=C(O)CCN1CCc2nc(-c3ccc(OCc4ccc(C(F)(F)F)cc4)cc3)ccc2C1. The van der Waals surface area contributed by atoms with Crippen molar-refractivity contribution in [3.8, 4) is 17.0 Å². The van der Waals surface area contributed by atoms with Gasteiger partial charge in [0.25, 0.3) is 0 Å². The zero-order valence-electron chi connectivity index (χ0n) is 17.8. The van der Waals surface area contributed by atoms with E-state index in [0.717, 1.165) is 47.6 Å². The van der Waals surface area contributed by atoms with E-state index in [-0.39, 0.29) is 13.0 Å².